The Morgan fingerprint density at radius 2 is 1.94 bits per heavy atom. The van der Waals surface area contributed by atoms with Crippen molar-refractivity contribution in [3.63, 3.8) is 0 Å². The predicted molar refractivity (Wildman–Crippen MR) is 77.3 cm³/mol. The molecule has 0 heterocycles. The lowest BCUT2D eigenvalue weighted by Gasteiger charge is -2.23. The van der Waals surface area contributed by atoms with E-state index in [-0.39, 0.29) is 11.3 Å². The summed E-state index contributed by atoms with van der Waals surface area (Å²) in [5.41, 5.74) is 2.42. The number of rotatable bonds is 7. The van der Waals surface area contributed by atoms with Crippen LogP contribution in [0.3, 0.4) is 0 Å². The summed E-state index contributed by atoms with van der Waals surface area (Å²) in [4.78, 5) is 0. The van der Waals surface area contributed by atoms with Crippen molar-refractivity contribution in [1.29, 1.82) is 0 Å². The van der Waals surface area contributed by atoms with Gasteiger partial charge in [0, 0.05) is 29.7 Å². The highest BCUT2D eigenvalue weighted by Gasteiger charge is 2.22. The first-order valence-electron chi connectivity index (χ1n) is 6.20. The van der Waals surface area contributed by atoms with Gasteiger partial charge in [0.2, 0.25) is 0 Å². The molecule has 4 heteroatoms. The quantitative estimate of drug-likeness (QED) is 0.823. The van der Waals surface area contributed by atoms with E-state index in [4.69, 9.17) is 4.74 Å². The van der Waals surface area contributed by atoms with Crippen molar-refractivity contribution in [2.45, 2.75) is 25.1 Å². The molecule has 1 rings (SSSR count). The SMILES string of the molecule is CNC(c1ccc(C)cc1)C(C)S(=O)CCOC. The summed E-state index contributed by atoms with van der Waals surface area (Å²) in [6.45, 7) is 4.63. The van der Waals surface area contributed by atoms with Gasteiger partial charge in [-0.05, 0) is 26.5 Å². The molecule has 18 heavy (non-hydrogen) atoms. The molecular weight excluding hydrogens is 246 g/mol. The van der Waals surface area contributed by atoms with Gasteiger partial charge in [-0.25, -0.2) is 0 Å². The summed E-state index contributed by atoms with van der Waals surface area (Å²) in [5, 5.41) is 3.32. The minimum Gasteiger partial charge on any atom is -0.384 e. The van der Waals surface area contributed by atoms with Crippen molar-refractivity contribution in [3.8, 4) is 0 Å². The van der Waals surface area contributed by atoms with Gasteiger partial charge in [0.05, 0.1) is 11.9 Å². The molecule has 0 fully saturated rings. The van der Waals surface area contributed by atoms with E-state index in [2.05, 4.69) is 36.5 Å². The maximum atomic E-state index is 12.1. The van der Waals surface area contributed by atoms with Crippen LogP contribution < -0.4 is 5.32 Å². The molecule has 102 valence electrons. The summed E-state index contributed by atoms with van der Waals surface area (Å²) < 4.78 is 17.1. The van der Waals surface area contributed by atoms with E-state index in [1.165, 1.54) is 11.1 Å². The molecule has 0 aliphatic rings. The molecule has 1 N–H and O–H groups in total. The fraction of sp³-hybridized carbons (Fsp3) is 0.571. The lowest BCUT2D eigenvalue weighted by Crippen LogP contribution is -2.32. The molecule has 1 aromatic carbocycles. The Labute approximate surface area is 112 Å². The van der Waals surface area contributed by atoms with Crippen molar-refractivity contribution in [1.82, 2.24) is 5.32 Å². The molecule has 0 bridgehead atoms. The Bertz CT molecular complexity index is 378. The molecule has 3 unspecified atom stereocenters. The molecule has 0 saturated heterocycles. The minimum absolute atomic E-state index is 0.0628. The summed E-state index contributed by atoms with van der Waals surface area (Å²) in [5.74, 6) is 0.585. The lowest BCUT2D eigenvalue weighted by molar-refractivity contribution is 0.217. The highest BCUT2D eigenvalue weighted by atomic mass is 32.2. The number of methoxy groups -OCH3 is 1. The first-order valence-corrected chi connectivity index (χ1v) is 7.58. The largest absolute Gasteiger partial charge is 0.384 e. The van der Waals surface area contributed by atoms with E-state index in [0.29, 0.717) is 12.4 Å². The van der Waals surface area contributed by atoms with Gasteiger partial charge in [0.15, 0.2) is 0 Å². The average Bonchev–Trinajstić information content (AvgIpc) is 2.38. The van der Waals surface area contributed by atoms with Crippen LogP contribution in [0.2, 0.25) is 0 Å². The number of ether oxygens (including phenoxy) is 1. The van der Waals surface area contributed by atoms with Crippen molar-refractivity contribution in [2.24, 2.45) is 0 Å². The zero-order valence-corrected chi connectivity index (χ0v) is 12.4. The minimum atomic E-state index is -0.888. The Morgan fingerprint density at radius 1 is 1.33 bits per heavy atom. The van der Waals surface area contributed by atoms with Crippen molar-refractivity contribution < 1.29 is 8.95 Å². The van der Waals surface area contributed by atoms with Gasteiger partial charge in [0.25, 0.3) is 0 Å². The highest BCUT2D eigenvalue weighted by molar-refractivity contribution is 7.85. The standard InChI is InChI=1S/C14H23NO2S/c1-11-5-7-13(8-6-11)14(15-3)12(2)18(16)10-9-17-4/h5-8,12,14-15H,9-10H2,1-4H3. The fourth-order valence-corrected chi connectivity index (χ4v) is 3.25. The predicted octanol–water partition coefficient (Wildman–Crippen LogP) is 2.04. The molecule has 1 aromatic rings. The van der Waals surface area contributed by atoms with Gasteiger partial charge < -0.3 is 10.1 Å². The first-order chi connectivity index (χ1) is 8.60. The van der Waals surface area contributed by atoms with Gasteiger partial charge in [-0.1, -0.05) is 29.8 Å². The van der Waals surface area contributed by atoms with E-state index < -0.39 is 10.8 Å². The molecule has 0 aromatic heterocycles. The molecule has 0 saturated carbocycles. The van der Waals surface area contributed by atoms with E-state index in [1.807, 2.05) is 14.0 Å². The number of aryl methyl sites for hydroxylation is 1. The molecule has 0 aliphatic heterocycles. The summed E-state index contributed by atoms with van der Waals surface area (Å²) in [7, 11) is 2.66. The maximum absolute atomic E-state index is 12.1. The zero-order valence-electron chi connectivity index (χ0n) is 11.6. The van der Waals surface area contributed by atoms with Gasteiger partial charge in [0.1, 0.15) is 0 Å². The summed E-state index contributed by atoms with van der Waals surface area (Å²) in [6.07, 6.45) is 0. The highest BCUT2D eigenvalue weighted by Crippen LogP contribution is 2.21. The van der Waals surface area contributed by atoms with E-state index in [1.54, 1.807) is 7.11 Å². The van der Waals surface area contributed by atoms with Crippen LogP contribution in [0.5, 0.6) is 0 Å². The van der Waals surface area contributed by atoms with Crippen LogP contribution in [0.15, 0.2) is 24.3 Å². The second-order valence-electron chi connectivity index (χ2n) is 4.46. The summed E-state index contributed by atoms with van der Waals surface area (Å²) in [6, 6.07) is 8.49. The number of hydrogen-bond donors (Lipinski definition) is 1. The third kappa shape index (κ3) is 4.19. The van der Waals surface area contributed by atoms with Gasteiger partial charge >= 0.3 is 0 Å². The summed E-state index contributed by atoms with van der Waals surface area (Å²) >= 11 is 0. The van der Waals surface area contributed by atoms with Crippen molar-refractivity contribution in [2.75, 3.05) is 26.5 Å². The monoisotopic (exact) mass is 269 g/mol. The van der Waals surface area contributed by atoms with Crippen LogP contribution in [-0.4, -0.2) is 36.0 Å². The molecule has 0 aliphatic carbocycles. The van der Waals surface area contributed by atoms with Crippen LogP contribution in [0.1, 0.15) is 24.1 Å². The number of hydrogen-bond acceptors (Lipinski definition) is 3. The molecule has 0 spiro atoms. The second kappa shape index (κ2) is 7.67. The average molecular weight is 269 g/mol. The van der Waals surface area contributed by atoms with Crippen LogP contribution in [0, 0.1) is 6.92 Å². The van der Waals surface area contributed by atoms with E-state index in [9.17, 15) is 4.21 Å². The normalized spacial score (nSPS) is 16.2. The van der Waals surface area contributed by atoms with Gasteiger partial charge in [-0.3, -0.25) is 4.21 Å². The van der Waals surface area contributed by atoms with Crippen molar-refractivity contribution in [3.05, 3.63) is 35.4 Å². The van der Waals surface area contributed by atoms with E-state index in [0.717, 1.165) is 0 Å². The smallest absolute Gasteiger partial charge is 0.0577 e. The van der Waals surface area contributed by atoms with Crippen LogP contribution in [0.25, 0.3) is 0 Å². The Balaban J connectivity index is 2.76. The van der Waals surface area contributed by atoms with Crippen LogP contribution in [0.4, 0.5) is 0 Å². The molecular formula is C14H23NO2S. The van der Waals surface area contributed by atoms with Crippen LogP contribution in [-0.2, 0) is 15.5 Å². The number of benzene rings is 1. The third-order valence-electron chi connectivity index (χ3n) is 3.12. The molecule has 0 radical (unpaired) electrons. The Morgan fingerprint density at radius 3 is 2.44 bits per heavy atom. The first kappa shape index (κ1) is 15.3. The van der Waals surface area contributed by atoms with Crippen LogP contribution >= 0.6 is 0 Å². The number of nitrogens with one attached hydrogen (secondary N) is 1. The third-order valence-corrected chi connectivity index (χ3v) is 4.79. The Hall–Kier alpha value is -0.710. The van der Waals surface area contributed by atoms with E-state index >= 15 is 0 Å². The zero-order chi connectivity index (χ0) is 13.5. The molecule has 3 atom stereocenters. The van der Waals surface area contributed by atoms with Gasteiger partial charge in [-0.2, -0.15) is 0 Å². The van der Waals surface area contributed by atoms with Crippen molar-refractivity contribution >= 4 is 10.8 Å². The Kier molecular flexibility index (Phi) is 6.54. The topological polar surface area (TPSA) is 38.3 Å². The fourth-order valence-electron chi connectivity index (χ4n) is 1.95. The second-order valence-corrected chi connectivity index (χ2v) is 6.37. The lowest BCUT2D eigenvalue weighted by atomic mass is 10.0. The molecule has 0 amide bonds. The van der Waals surface area contributed by atoms with Gasteiger partial charge in [-0.15, -0.1) is 0 Å². The maximum Gasteiger partial charge on any atom is 0.0577 e. The molecule has 3 nitrogen and oxygen atoms in total.